The standard InChI is InChI=1S/C7H13OP/c8-9-4-1-7(2-5-9)3-6-9/h7H,1-6H2. The highest BCUT2D eigenvalue weighted by Crippen LogP contribution is 2.57. The Bertz CT molecular complexity index is 136. The minimum atomic E-state index is -1.53. The summed E-state index contributed by atoms with van der Waals surface area (Å²) in [6.45, 7) is 0. The van der Waals surface area contributed by atoms with E-state index in [4.69, 9.17) is 0 Å². The van der Waals surface area contributed by atoms with E-state index < -0.39 is 7.14 Å². The van der Waals surface area contributed by atoms with Gasteiger partial charge in [-0.2, -0.15) is 0 Å². The van der Waals surface area contributed by atoms with Crippen LogP contribution in [0.4, 0.5) is 0 Å². The molecule has 0 N–H and O–H groups in total. The fraction of sp³-hybridized carbons (Fsp3) is 1.00. The largest absolute Gasteiger partial charge is 0.324 e. The van der Waals surface area contributed by atoms with Crippen molar-refractivity contribution in [2.75, 3.05) is 18.5 Å². The van der Waals surface area contributed by atoms with Crippen molar-refractivity contribution in [2.24, 2.45) is 5.92 Å². The molecule has 3 saturated heterocycles. The molecule has 3 rings (SSSR count). The second-order valence-corrected chi connectivity index (χ2v) is 6.92. The third-order valence-electron chi connectivity index (χ3n) is 2.83. The Morgan fingerprint density at radius 3 is 1.67 bits per heavy atom. The molecule has 0 atom stereocenters. The monoisotopic (exact) mass is 144 g/mol. The molecule has 3 fully saturated rings. The highest BCUT2D eigenvalue weighted by atomic mass is 31.2. The summed E-state index contributed by atoms with van der Waals surface area (Å²) in [7, 11) is -1.53. The molecule has 0 aromatic rings. The van der Waals surface area contributed by atoms with Crippen LogP contribution in [0, 0.1) is 5.92 Å². The molecule has 0 spiro atoms. The van der Waals surface area contributed by atoms with Crippen molar-refractivity contribution < 1.29 is 4.57 Å². The van der Waals surface area contributed by atoms with Crippen LogP contribution in [0.25, 0.3) is 0 Å². The van der Waals surface area contributed by atoms with E-state index in [1.54, 1.807) is 0 Å². The lowest BCUT2D eigenvalue weighted by molar-refractivity contribution is 0.421. The van der Waals surface area contributed by atoms with Crippen LogP contribution in [0.15, 0.2) is 0 Å². The van der Waals surface area contributed by atoms with Gasteiger partial charge in [-0.25, -0.2) is 0 Å². The van der Waals surface area contributed by atoms with Crippen LogP contribution in [0.3, 0.4) is 0 Å². The predicted octanol–water partition coefficient (Wildman–Crippen LogP) is 2.16. The quantitative estimate of drug-likeness (QED) is 0.476. The van der Waals surface area contributed by atoms with Gasteiger partial charge in [0.15, 0.2) is 0 Å². The van der Waals surface area contributed by atoms with Gasteiger partial charge in [0.2, 0.25) is 0 Å². The lowest BCUT2D eigenvalue weighted by Gasteiger charge is -2.35. The van der Waals surface area contributed by atoms with E-state index in [2.05, 4.69) is 0 Å². The number of hydrogen-bond acceptors (Lipinski definition) is 1. The van der Waals surface area contributed by atoms with Gasteiger partial charge in [-0.1, -0.05) is 0 Å². The average molecular weight is 144 g/mol. The van der Waals surface area contributed by atoms with Crippen molar-refractivity contribution in [3.8, 4) is 0 Å². The maximum Gasteiger partial charge on any atom is 0.0878 e. The van der Waals surface area contributed by atoms with E-state index in [1.807, 2.05) is 0 Å². The molecule has 0 unspecified atom stereocenters. The summed E-state index contributed by atoms with van der Waals surface area (Å²) >= 11 is 0. The molecule has 0 aromatic carbocycles. The van der Waals surface area contributed by atoms with E-state index in [0.717, 1.165) is 24.4 Å². The van der Waals surface area contributed by atoms with Gasteiger partial charge in [0.1, 0.15) is 0 Å². The number of fused-ring (bicyclic) bond motifs is 3. The number of hydrogen-bond donors (Lipinski definition) is 0. The molecule has 3 aliphatic rings. The summed E-state index contributed by atoms with van der Waals surface area (Å²) in [6.07, 6.45) is 7.07. The lowest BCUT2D eigenvalue weighted by atomic mass is 9.99. The summed E-state index contributed by atoms with van der Waals surface area (Å²) in [4.78, 5) is 0. The molecule has 3 aliphatic heterocycles. The fourth-order valence-corrected chi connectivity index (χ4v) is 5.20. The molecule has 0 amide bonds. The highest BCUT2D eigenvalue weighted by Gasteiger charge is 2.35. The third kappa shape index (κ3) is 0.961. The van der Waals surface area contributed by atoms with Crippen LogP contribution >= 0.6 is 7.14 Å². The maximum absolute atomic E-state index is 11.6. The Kier molecular flexibility index (Phi) is 1.23. The van der Waals surface area contributed by atoms with Gasteiger partial charge in [0.05, 0.1) is 7.14 Å². The summed E-state index contributed by atoms with van der Waals surface area (Å²) in [5.74, 6) is 0.959. The van der Waals surface area contributed by atoms with Crippen molar-refractivity contribution in [3.05, 3.63) is 0 Å². The first kappa shape index (κ1) is 5.97. The number of rotatable bonds is 0. The summed E-state index contributed by atoms with van der Waals surface area (Å²) < 4.78 is 11.6. The van der Waals surface area contributed by atoms with E-state index in [0.29, 0.717) is 0 Å². The van der Waals surface area contributed by atoms with E-state index in [1.165, 1.54) is 19.3 Å². The maximum atomic E-state index is 11.6. The molecule has 0 aromatic heterocycles. The van der Waals surface area contributed by atoms with Crippen LogP contribution in [0.5, 0.6) is 0 Å². The molecule has 0 radical (unpaired) electrons. The smallest absolute Gasteiger partial charge is 0.0878 e. The fourth-order valence-electron chi connectivity index (χ4n) is 2.02. The molecular weight excluding hydrogens is 131 g/mol. The van der Waals surface area contributed by atoms with Crippen molar-refractivity contribution >= 4 is 7.14 Å². The molecule has 1 nitrogen and oxygen atoms in total. The first-order valence-corrected chi connectivity index (χ1v) is 6.12. The molecule has 52 valence electrons. The first-order valence-electron chi connectivity index (χ1n) is 3.86. The van der Waals surface area contributed by atoms with Gasteiger partial charge >= 0.3 is 0 Å². The Labute approximate surface area is 56.2 Å². The second-order valence-electron chi connectivity index (χ2n) is 3.46. The van der Waals surface area contributed by atoms with Gasteiger partial charge in [0, 0.05) is 18.5 Å². The SMILES string of the molecule is O=P12CCC(CC1)CC2. The average Bonchev–Trinajstić information content (AvgIpc) is 1.90. The Morgan fingerprint density at radius 2 is 1.44 bits per heavy atom. The van der Waals surface area contributed by atoms with Crippen molar-refractivity contribution in [3.63, 3.8) is 0 Å². The lowest BCUT2D eigenvalue weighted by Crippen LogP contribution is -2.23. The van der Waals surface area contributed by atoms with Gasteiger partial charge in [-0.3, -0.25) is 0 Å². The topological polar surface area (TPSA) is 17.1 Å². The molecule has 0 aliphatic carbocycles. The summed E-state index contributed by atoms with van der Waals surface area (Å²) in [5, 5.41) is 0. The molecule has 0 saturated carbocycles. The van der Waals surface area contributed by atoms with Crippen LogP contribution in [0.2, 0.25) is 0 Å². The predicted molar refractivity (Wildman–Crippen MR) is 39.5 cm³/mol. The molecule has 3 heterocycles. The molecule has 2 heteroatoms. The van der Waals surface area contributed by atoms with E-state index >= 15 is 0 Å². The minimum Gasteiger partial charge on any atom is -0.324 e. The zero-order valence-corrected chi connectivity index (χ0v) is 6.57. The van der Waals surface area contributed by atoms with E-state index in [-0.39, 0.29) is 0 Å². The second kappa shape index (κ2) is 1.85. The van der Waals surface area contributed by atoms with E-state index in [9.17, 15) is 4.57 Å². The van der Waals surface area contributed by atoms with Crippen LogP contribution < -0.4 is 0 Å². The summed E-state index contributed by atoms with van der Waals surface area (Å²) in [6, 6.07) is 0. The van der Waals surface area contributed by atoms with Crippen molar-refractivity contribution in [1.82, 2.24) is 0 Å². The summed E-state index contributed by atoms with van der Waals surface area (Å²) in [5.41, 5.74) is 0. The first-order chi connectivity index (χ1) is 4.29. The van der Waals surface area contributed by atoms with Gasteiger partial charge in [-0.05, 0) is 25.2 Å². The molecular formula is C7H13OP. The highest BCUT2D eigenvalue weighted by molar-refractivity contribution is 7.64. The zero-order valence-electron chi connectivity index (χ0n) is 5.68. The van der Waals surface area contributed by atoms with Crippen LogP contribution in [0.1, 0.15) is 19.3 Å². The minimum absolute atomic E-state index is 0.959. The van der Waals surface area contributed by atoms with Crippen LogP contribution in [-0.2, 0) is 4.57 Å². The zero-order chi connectivity index (χ0) is 6.32. The van der Waals surface area contributed by atoms with Crippen LogP contribution in [-0.4, -0.2) is 18.5 Å². The van der Waals surface area contributed by atoms with Gasteiger partial charge in [-0.15, -0.1) is 0 Å². The van der Waals surface area contributed by atoms with Gasteiger partial charge in [0.25, 0.3) is 0 Å². The van der Waals surface area contributed by atoms with Gasteiger partial charge < -0.3 is 4.57 Å². The normalized spacial score (nSPS) is 49.6. The molecule has 9 heavy (non-hydrogen) atoms. The Morgan fingerprint density at radius 1 is 1.00 bits per heavy atom. The Hall–Kier alpha value is 0.230. The van der Waals surface area contributed by atoms with Crippen molar-refractivity contribution in [1.29, 1.82) is 0 Å². The molecule has 2 bridgehead atoms. The Balaban J connectivity index is 2.20. The third-order valence-corrected chi connectivity index (χ3v) is 6.05. The van der Waals surface area contributed by atoms with Crippen molar-refractivity contribution in [2.45, 2.75) is 19.3 Å².